The number of carbonyl (C=O) groups is 2. The number of hydrogen-bond donors (Lipinski definition) is 1. The number of nitro groups is 1. The predicted molar refractivity (Wildman–Crippen MR) is 95.2 cm³/mol. The van der Waals surface area contributed by atoms with E-state index in [4.69, 9.17) is 4.74 Å². The van der Waals surface area contributed by atoms with Gasteiger partial charge in [-0.1, -0.05) is 0 Å². The lowest BCUT2D eigenvalue weighted by Crippen LogP contribution is -2.38. The third-order valence-electron chi connectivity index (χ3n) is 5.18. The van der Waals surface area contributed by atoms with Crippen molar-refractivity contribution in [1.82, 2.24) is 5.32 Å². The molecular weight excluding hydrogens is 395 g/mol. The summed E-state index contributed by atoms with van der Waals surface area (Å²) in [5.41, 5.74) is -1.59. The lowest BCUT2D eigenvalue weighted by molar-refractivity contribution is -0.384. The van der Waals surface area contributed by atoms with Crippen molar-refractivity contribution >= 4 is 23.3 Å². The van der Waals surface area contributed by atoms with Gasteiger partial charge in [-0.25, -0.2) is 0 Å². The number of rotatable bonds is 5. The predicted octanol–water partition coefficient (Wildman–Crippen LogP) is 2.65. The Morgan fingerprint density at radius 1 is 1.28 bits per heavy atom. The van der Waals surface area contributed by atoms with Crippen molar-refractivity contribution in [2.24, 2.45) is 5.92 Å². The number of nitrogens with one attached hydrogen (secondary N) is 1. The van der Waals surface area contributed by atoms with Crippen LogP contribution in [0.25, 0.3) is 0 Å². The molecule has 8 nitrogen and oxygen atoms in total. The zero-order valence-corrected chi connectivity index (χ0v) is 15.4. The molecule has 2 aliphatic rings. The minimum Gasteiger partial charge on any atom is -0.463 e. The Balaban J connectivity index is 1.59. The highest BCUT2D eigenvalue weighted by molar-refractivity contribution is 5.78. The van der Waals surface area contributed by atoms with E-state index in [1.807, 2.05) is 0 Å². The Kier molecular flexibility index (Phi) is 5.94. The first-order chi connectivity index (χ1) is 13.6. The maximum absolute atomic E-state index is 12.8. The quantitative estimate of drug-likeness (QED) is 0.451. The number of halogens is 3. The number of hydrogen-bond acceptors (Lipinski definition) is 6. The molecule has 1 unspecified atom stereocenters. The summed E-state index contributed by atoms with van der Waals surface area (Å²) in [6.45, 7) is 0.674. The highest BCUT2D eigenvalue weighted by Crippen LogP contribution is 2.37. The number of anilines is 1. The smallest absolute Gasteiger partial charge is 0.416 e. The van der Waals surface area contributed by atoms with E-state index in [1.165, 1.54) is 0 Å². The van der Waals surface area contributed by atoms with Gasteiger partial charge in [0.15, 0.2) is 0 Å². The third-order valence-corrected chi connectivity index (χ3v) is 5.18. The van der Waals surface area contributed by atoms with Gasteiger partial charge in [0.2, 0.25) is 5.91 Å². The maximum atomic E-state index is 12.8. The normalized spacial score (nSPS) is 20.4. The highest BCUT2D eigenvalue weighted by Gasteiger charge is 2.35. The molecule has 2 fully saturated rings. The van der Waals surface area contributed by atoms with Gasteiger partial charge in [0.1, 0.15) is 12.3 Å². The first kappa shape index (κ1) is 20.9. The largest absolute Gasteiger partial charge is 0.463 e. The summed E-state index contributed by atoms with van der Waals surface area (Å²) in [5, 5.41) is 14.0. The summed E-state index contributed by atoms with van der Waals surface area (Å²) < 4.78 is 43.8. The Bertz CT molecular complexity index is 806. The Labute approximate surface area is 164 Å². The fraction of sp³-hybridized carbons (Fsp3) is 0.556. The number of nitrogens with zero attached hydrogens (tertiary/aromatic N) is 2. The average Bonchev–Trinajstić information content (AvgIpc) is 3.10. The fourth-order valence-electron chi connectivity index (χ4n) is 3.57. The van der Waals surface area contributed by atoms with Gasteiger partial charge in [-0.05, 0) is 31.4 Å². The van der Waals surface area contributed by atoms with Crippen LogP contribution in [0.1, 0.15) is 31.2 Å². The van der Waals surface area contributed by atoms with Crippen molar-refractivity contribution in [2.45, 2.75) is 37.9 Å². The summed E-state index contributed by atoms with van der Waals surface area (Å²) in [4.78, 5) is 35.4. The Hall–Kier alpha value is -2.85. The molecule has 2 heterocycles. The summed E-state index contributed by atoms with van der Waals surface area (Å²) in [7, 11) is 0. The second-order valence-electron chi connectivity index (χ2n) is 7.15. The van der Waals surface area contributed by atoms with Gasteiger partial charge in [-0.2, -0.15) is 13.2 Å². The number of carbonyl (C=O) groups excluding carboxylic acids is 2. The number of alkyl halides is 3. The Morgan fingerprint density at radius 2 is 1.97 bits per heavy atom. The van der Waals surface area contributed by atoms with Gasteiger partial charge in [0.25, 0.3) is 5.69 Å². The van der Waals surface area contributed by atoms with E-state index >= 15 is 0 Å². The fourth-order valence-corrected chi connectivity index (χ4v) is 3.57. The first-order valence-electron chi connectivity index (χ1n) is 9.21. The number of nitro benzene ring substituents is 1. The van der Waals surface area contributed by atoms with Crippen LogP contribution < -0.4 is 10.2 Å². The zero-order valence-electron chi connectivity index (χ0n) is 15.4. The molecule has 0 radical (unpaired) electrons. The van der Waals surface area contributed by atoms with E-state index in [2.05, 4.69) is 5.32 Å². The van der Waals surface area contributed by atoms with Crippen molar-refractivity contribution in [2.75, 3.05) is 24.6 Å². The van der Waals surface area contributed by atoms with Gasteiger partial charge < -0.3 is 15.0 Å². The molecule has 0 bridgehead atoms. The van der Waals surface area contributed by atoms with E-state index in [-0.39, 0.29) is 37.3 Å². The molecule has 2 aliphatic heterocycles. The molecular formula is C18H20F3N3O5. The number of piperidine rings is 1. The van der Waals surface area contributed by atoms with Crippen molar-refractivity contribution in [3.05, 3.63) is 33.9 Å². The molecule has 0 aromatic heterocycles. The second-order valence-corrected chi connectivity index (χ2v) is 7.15. The lowest BCUT2D eigenvalue weighted by atomic mass is 9.96. The lowest BCUT2D eigenvalue weighted by Gasteiger charge is -2.32. The van der Waals surface area contributed by atoms with Crippen molar-refractivity contribution in [3.63, 3.8) is 0 Å². The molecule has 29 heavy (non-hydrogen) atoms. The Morgan fingerprint density at radius 3 is 2.52 bits per heavy atom. The van der Waals surface area contributed by atoms with E-state index in [1.54, 1.807) is 4.90 Å². The molecule has 1 amide bonds. The minimum atomic E-state index is -4.67. The van der Waals surface area contributed by atoms with E-state index in [0.717, 1.165) is 12.1 Å². The summed E-state index contributed by atoms with van der Waals surface area (Å²) >= 11 is 0. The molecule has 0 spiro atoms. The zero-order chi connectivity index (χ0) is 21.2. The number of esters is 1. The van der Waals surface area contributed by atoms with Crippen LogP contribution >= 0.6 is 0 Å². The molecule has 1 aromatic rings. The molecule has 2 saturated heterocycles. The molecule has 3 rings (SSSR count). The van der Waals surface area contributed by atoms with Crippen molar-refractivity contribution < 1.29 is 32.4 Å². The second kappa shape index (κ2) is 8.26. The minimum absolute atomic E-state index is 0.0718. The van der Waals surface area contributed by atoms with Gasteiger partial charge in [-0.15, -0.1) is 0 Å². The van der Waals surface area contributed by atoms with Crippen LogP contribution in [-0.4, -0.2) is 42.5 Å². The van der Waals surface area contributed by atoms with Crippen LogP contribution in [0.4, 0.5) is 24.5 Å². The average molecular weight is 415 g/mol. The number of ether oxygens (including phenoxy) is 1. The van der Waals surface area contributed by atoms with Gasteiger partial charge >= 0.3 is 12.1 Å². The van der Waals surface area contributed by atoms with Crippen LogP contribution in [0.2, 0.25) is 0 Å². The van der Waals surface area contributed by atoms with Crippen LogP contribution in [-0.2, 0) is 20.5 Å². The van der Waals surface area contributed by atoms with Crippen LogP contribution in [0, 0.1) is 16.0 Å². The molecule has 1 N–H and O–H groups in total. The van der Waals surface area contributed by atoms with Crippen LogP contribution in [0.3, 0.4) is 0 Å². The number of amides is 1. The van der Waals surface area contributed by atoms with Crippen molar-refractivity contribution in [1.29, 1.82) is 0 Å². The third kappa shape index (κ3) is 4.96. The standard InChI is InChI=1S/C18H20F3N3O5/c19-18(20,21)12-1-3-14(15(9-12)24(27)28)23-7-5-11(6-8-23)17(26)29-10-13-2-4-16(25)22-13/h1,3,9,11,13H,2,4-8,10H2,(H,22,25). The summed E-state index contributed by atoms with van der Waals surface area (Å²) in [6, 6.07) is 2.27. The first-order valence-corrected chi connectivity index (χ1v) is 9.21. The van der Waals surface area contributed by atoms with Crippen molar-refractivity contribution in [3.8, 4) is 0 Å². The maximum Gasteiger partial charge on any atom is 0.416 e. The van der Waals surface area contributed by atoms with Gasteiger partial charge in [-0.3, -0.25) is 19.7 Å². The van der Waals surface area contributed by atoms with Crippen LogP contribution in [0.5, 0.6) is 0 Å². The summed E-state index contributed by atoms with van der Waals surface area (Å²) in [5.74, 6) is -0.859. The van der Waals surface area contributed by atoms with Crippen LogP contribution in [0.15, 0.2) is 18.2 Å². The van der Waals surface area contributed by atoms with Gasteiger partial charge in [0.05, 0.1) is 22.4 Å². The highest BCUT2D eigenvalue weighted by atomic mass is 19.4. The summed E-state index contributed by atoms with van der Waals surface area (Å²) in [6.07, 6.45) is -2.91. The molecule has 1 atom stereocenters. The molecule has 0 aliphatic carbocycles. The topological polar surface area (TPSA) is 102 Å². The SMILES string of the molecule is O=C1CCC(COC(=O)C2CCN(c3ccc(C(F)(F)F)cc3[N+](=O)[O-])CC2)N1. The molecule has 158 valence electrons. The molecule has 0 saturated carbocycles. The number of benzene rings is 1. The molecule has 1 aromatic carbocycles. The van der Waals surface area contributed by atoms with E-state index < -0.39 is 34.2 Å². The monoisotopic (exact) mass is 415 g/mol. The van der Waals surface area contributed by atoms with E-state index in [0.29, 0.717) is 31.7 Å². The van der Waals surface area contributed by atoms with E-state index in [9.17, 15) is 32.9 Å². The molecule has 11 heteroatoms. The van der Waals surface area contributed by atoms with Gasteiger partial charge in [0, 0.05) is 25.6 Å².